The largest absolute Gasteiger partial charge is 0.493 e. The van der Waals surface area contributed by atoms with Gasteiger partial charge in [0, 0.05) is 18.3 Å². The Labute approximate surface area is 162 Å². The van der Waals surface area contributed by atoms with Crippen LogP contribution in [-0.4, -0.2) is 57.9 Å². The fourth-order valence-corrected chi connectivity index (χ4v) is 2.03. The molecule has 0 saturated carbocycles. The van der Waals surface area contributed by atoms with Crippen molar-refractivity contribution in [3.8, 4) is 11.5 Å². The fraction of sp³-hybridized carbons (Fsp3) is 0.533. The lowest BCUT2D eigenvalue weighted by atomic mass is 10.3. The lowest BCUT2D eigenvalue weighted by Crippen LogP contribution is -2.32. The highest BCUT2D eigenvalue weighted by Gasteiger charge is 2.28. The molecule has 0 aliphatic rings. The highest BCUT2D eigenvalue weighted by molar-refractivity contribution is 14.0. The summed E-state index contributed by atoms with van der Waals surface area (Å²) in [6.45, 7) is -0.322. The Morgan fingerprint density at radius 1 is 1.24 bits per heavy atom. The lowest BCUT2D eigenvalue weighted by molar-refractivity contribution is -0.143. The van der Waals surface area contributed by atoms with Crippen LogP contribution in [0.5, 0.6) is 11.5 Å². The van der Waals surface area contributed by atoms with Gasteiger partial charge in [-0.25, -0.2) is 0 Å². The molecular weight excluding hydrogens is 452 g/mol. The van der Waals surface area contributed by atoms with Gasteiger partial charge in [-0.3, -0.25) is 9.89 Å². The van der Waals surface area contributed by atoms with Crippen molar-refractivity contribution in [3.63, 3.8) is 0 Å². The second-order valence-corrected chi connectivity index (χ2v) is 5.17. The first-order valence-corrected chi connectivity index (χ1v) is 7.29. The predicted molar refractivity (Wildman–Crippen MR) is 103 cm³/mol. The van der Waals surface area contributed by atoms with E-state index in [1.54, 1.807) is 18.2 Å². The topological polar surface area (TPSA) is 72.1 Å². The number of rotatable bonds is 8. The molecule has 10 heteroatoms. The van der Waals surface area contributed by atoms with Gasteiger partial charge in [-0.05, 0) is 32.1 Å². The Kier molecular flexibility index (Phi) is 10.6. The van der Waals surface area contributed by atoms with Crippen molar-refractivity contribution >= 4 is 35.6 Å². The quantitative estimate of drug-likeness (QED) is 0.261. The number of nitrogens with zero attached hydrogens (tertiary/aromatic N) is 2. The number of guanidine groups is 1. The maximum absolute atomic E-state index is 12.2. The van der Waals surface area contributed by atoms with Crippen LogP contribution in [0.15, 0.2) is 23.2 Å². The maximum Gasteiger partial charge on any atom is 0.401 e. The van der Waals surface area contributed by atoms with Crippen LogP contribution >= 0.6 is 24.0 Å². The van der Waals surface area contributed by atoms with E-state index in [1.807, 2.05) is 0 Å². The molecule has 1 aromatic rings. The molecule has 0 saturated heterocycles. The van der Waals surface area contributed by atoms with Gasteiger partial charge in [0.1, 0.15) is 0 Å². The number of ether oxygens (including phenoxy) is 2. The molecule has 0 heterocycles. The summed E-state index contributed by atoms with van der Waals surface area (Å²) in [5, 5.41) is 2.89. The molecule has 0 spiro atoms. The highest BCUT2D eigenvalue weighted by atomic mass is 127. The second-order valence-electron chi connectivity index (χ2n) is 5.17. The van der Waals surface area contributed by atoms with Crippen molar-refractivity contribution in [1.82, 2.24) is 4.90 Å². The second kappa shape index (κ2) is 11.2. The monoisotopic (exact) mass is 476 g/mol. The molecule has 0 amide bonds. The number of nitrogens with one attached hydrogen (secondary N) is 1. The standard InChI is InChI=1S/C15H23F3N4O2.HI/c1-22(10-15(16,17)18)8-4-7-20-14(19)21-11-5-6-12(23-2)13(9-11)24-3;/h5-6,9H,4,7-8,10H2,1-3H3,(H3,19,20,21);1H. The Hall–Kier alpha value is -1.43. The maximum atomic E-state index is 12.2. The Balaban J connectivity index is 0.00000576. The van der Waals surface area contributed by atoms with Crippen LogP contribution in [0.4, 0.5) is 18.9 Å². The van der Waals surface area contributed by atoms with E-state index in [0.29, 0.717) is 30.2 Å². The fourth-order valence-electron chi connectivity index (χ4n) is 2.03. The van der Waals surface area contributed by atoms with Gasteiger partial charge in [0.25, 0.3) is 0 Å². The minimum Gasteiger partial charge on any atom is -0.493 e. The van der Waals surface area contributed by atoms with E-state index in [4.69, 9.17) is 15.2 Å². The molecule has 0 bridgehead atoms. The summed E-state index contributed by atoms with van der Waals surface area (Å²) in [6.07, 6.45) is -3.72. The van der Waals surface area contributed by atoms with E-state index in [-0.39, 0.29) is 36.5 Å². The minimum absolute atomic E-state index is 0. The van der Waals surface area contributed by atoms with Crippen LogP contribution in [0.3, 0.4) is 0 Å². The van der Waals surface area contributed by atoms with Crippen molar-refractivity contribution in [2.75, 3.05) is 46.2 Å². The average Bonchev–Trinajstić information content (AvgIpc) is 2.49. The van der Waals surface area contributed by atoms with Gasteiger partial charge in [0.2, 0.25) is 0 Å². The molecule has 1 rings (SSSR count). The molecule has 1 aromatic carbocycles. The average molecular weight is 476 g/mol. The molecule has 144 valence electrons. The zero-order chi connectivity index (χ0) is 18.2. The molecule has 6 nitrogen and oxygen atoms in total. The molecule has 0 aliphatic heterocycles. The number of aliphatic imine (C=N–C) groups is 1. The molecule has 0 atom stereocenters. The first-order valence-electron chi connectivity index (χ1n) is 7.29. The van der Waals surface area contributed by atoms with Gasteiger partial charge < -0.3 is 20.5 Å². The van der Waals surface area contributed by atoms with Crippen molar-refractivity contribution < 1.29 is 22.6 Å². The summed E-state index contributed by atoms with van der Waals surface area (Å²) in [7, 11) is 4.48. The van der Waals surface area contributed by atoms with Crippen LogP contribution in [-0.2, 0) is 0 Å². The summed E-state index contributed by atoms with van der Waals surface area (Å²) < 4.78 is 46.9. The third kappa shape index (κ3) is 9.58. The molecule has 0 radical (unpaired) electrons. The van der Waals surface area contributed by atoms with Crippen molar-refractivity contribution in [1.29, 1.82) is 0 Å². The SMILES string of the molecule is COc1ccc(NC(N)=NCCCN(C)CC(F)(F)F)cc1OC.I. The van der Waals surface area contributed by atoms with Crippen LogP contribution in [0.2, 0.25) is 0 Å². The smallest absolute Gasteiger partial charge is 0.401 e. The van der Waals surface area contributed by atoms with Crippen molar-refractivity contribution in [2.24, 2.45) is 10.7 Å². The van der Waals surface area contributed by atoms with E-state index in [2.05, 4.69) is 10.3 Å². The number of halogens is 4. The number of alkyl halides is 3. The van der Waals surface area contributed by atoms with Gasteiger partial charge in [0.15, 0.2) is 17.5 Å². The number of nitrogens with two attached hydrogens (primary N) is 1. The summed E-state index contributed by atoms with van der Waals surface area (Å²) in [6, 6.07) is 5.18. The van der Waals surface area contributed by atoms with Crippen LogP contribution < -0.4 is 20.5 Å². The van der Waals surface area contributed by atoms with Gasteiger partial charge in [-0.1, -0.05) is 0 Å². The number of hydrogen-bond acceptors (Lipinski definition) is 4. The van der Waals surface area contributed by atoms with E-state index in [0.717, 1.165) is 0 Å². The summed E-state index contributed by atoms with van der Waals surface area (Å²) in [5.41, 5.74) is 6.43. The van der Waals surface area contributed by atoms with E-state index in [1.165, 1.54) is 26.2 Å². The molecule has 25 heavy (non-hydrogen) atoms. The van der Waals surface area contributed by atoms with E-state index in [9.17, 15) is 13.2 Å². The molecular formula is C15H24F3IN4O2. The van der Waals surface area contributed by atoms with E-state index < -0.39 is 12.7 Å². The number of methoxy groups -OCH3 is 2. The van der Waals surface area contributed by atoms with Gasteiger partial charge in [-0.2, -0.15) is 13.2 Å². The molecule has 0 unspecified atom stereocenters. The zero-order valence-electron chi connectivity index (χ0n) is 14.4. The van der Waals surface area contributed by atoms with Gasteiger partial charge >= 0.3 is 6.18 Å². The Bertz CT molecular complexity index is 556. The van der Waals surface area contributed by atoms with E-state index >= 15 is 0 Å². The Morgan fingerprint density at radius 3 is 2.44 bits per heavy atom. The van der Waals surface area contributed by atoms with Crippen molar-refractivity contribution in [3.05, 3.63) is 18.2 Å². The lowest BCUT2D eigenvalue weighted by Gasteiger charge is -2.17. The third-order valence-electron chi connectivity index (χ3n) is 3.09. The zero-order valence-corrected chi connectivity index (χ0v) is 16.7. The molecule has 0 aliphatic carbocycles. The molecule has 0 fully saturated rings. The summed E-state index contributed by atoms with van der Waals surface area (Å²) in [4.78, 5) is 5.29. The number of hydrogen-bond donors (Lipinski definition) is 2. The molecule has 0 aromatic heterocycles. The normalized spacial score (nSPS) is 11.9. The van der Waals surface area contributed by atoms with Gasteiger partial charge in [-0.15, -0.1) is 24.0 Å². The van der Waals surface area contributed by atoms with Crippen LogP contribution in [0.1, 0.15) is 6.42 Å². The van der Waals surface area contributed by atoms with Crippen LogP contribution in [0, 0.1) is 0 Å². The first-order chi connectivity index (χ1) is 11.2. The van der Waals surface area contributed by atoms with Crippen molar-refractivity contribution in [2.45, 2.75) is 12.6 Å². The third-order valence-corrected chi connectivity index (χ3v) is 3.09. The van der Waals surface area contributed by atoms with Gasteiger partial charge in [0.05, 0.1) is 20.8 Å². The summed E-state index contributed by atoms with van der Waals surface area (Å²) >= 11 is 0. The minimum atomic E-state index is -4.19. The highest BCUT2D eigenvalue weighted by Crippen LogP contribution is 2.29. The number of anilines is 1. The van der Waals surface area contributed by atoms with Crippen LogP contribution in [0.25, 0.3) is 0 Å². The first kappa shape index (κ1) is 23.6. The Morgan fingerprint density at radius 2 is 1.88 bits per heavy atom. The molecule has 3 N–H and O–H groups in total. The summed E-state index contributed by atoms with van der Waals surface area (Å²) in [5.74, 6) is 1.32. The predicted octanol–water partition coefficient (Wildman–Crippen LogP) is 2.93. The number of benzene rings is 1.